The van der Waals surface area contributed by atoms with Gasteiger partial charge in [-0.1, -0.05) is 43.4 Å². The van der Waals surface area contributed by atoms with Crippen LogP contribution in [-0.2, 0) is 9.53 Å². The number of ether oxygens (including phenoxy) is 1. The van der Waals surface area contributed by atoms with Gasteiger partial charge in [0.1, 0.15) is 6.10 Å². The molecule has 5 unspecified atom stereocenters. The number of esters is 1. The third kappa shape index (κ3) is 6.25. The van der Waals surface area contributed by atoms with Crippen LogP contribution in [0.15, 0.2) is 36.5 Å². The highest BCUT2D eigenvalue weighted by molar-refractivity contribution is 5.69. The highest BCUT2D eigenvalue weighted by Crippen LogP contribution is 2.46. The maximum absolute atomic E-state index is 11.8. The molecule has 0 aromatic carbocycles. The van der Waals surface area contributed by atoms with E-state index in [9.17, 15) is 15.0 Å². The summed E-state index contributed by atoms with van der Waals surface area (Å²) in [6.07, 6.45) is 15.6. The molecule has 5 atom stereocenters. The molecule has 134 valence electrons. The van der Waals surface area contributed by atoms with Crippen LogP contribution in [0.2, 0.25) is 0 Å². The number of aliphatic hydroxyl groups excluding tert-OH is 2. The zero-order chi connectivity index (χ0) is 17.4. The minimum atomic E-state index is -0.588. The van der Waals surface area contributed by atoms with Gasteiger partial charge in [0.15, 0.2) is 0 Å². The fourth-order valence-electron chi connectivity index (χ4n) is 3.17. The first-order valence-corrected chi connectivity index (χ1v) is 9.15. The van der Waals surface area contributed by atoms with Gasteiger partial charge in [-0.05, 0) is 38.0 Å². The number of hydrogen-bond donors (Lipinski definition) is 2. The Kier molecular flexibility index (Phi) is 7.73. The predicted octanol–water partition coefficient (Wildman–Crippen LogP) is 3.30. The maximum Gasteiger partial charge on any atom is 0.306 e. The summed E-state index contributed by atoms with van der Waals surface area (Å²) in [7, 11) is 0. The first-order chi connectivity index (χ1) is 11.6. The zero-order valence-corrected chi connectivity index (χ0v) is 14.5. The normalized spacial score (nSPS) is 30.6. The second kappa shape index (κ2) is 9.80. The van der Waals surface area contributed by atoms with Crippen molar-refractivity contribution in [3.05, 3.63) is 36.5 Å². The summed E-state index contributed by atoms with van der Waals surface area (Å²) < 4.78 is 5.58. The third-order valence-corrected chi connectivity index (χ3v) is 4.69. The Labute approximate surface area is 144 Å². The molecule has 1 fully saturated rings. The van der Waals surface area contributed by atoms with E-state index in [0.717, 1.165) is 32.1 Å². The monoisotopic (exact) mass is 334 g/mol. The van der Waals surface area contributed by atoms with Gasteiger partial charge in [0.25, 0.3) is 0 Å². The first kappa shape index (κ1) is 18.9. The van der Waals surface area contributed by atoms with Crippen LogP contribution in [0.1, 0.15) is 51.9 Å². The molecule has 2 rings (SSSR count). The highest BCUT2D eigenvalue weighted by Gasteiger charge is 2.47. The van der Waals surface area contributed by atoms with Crippen molar-refractivity contribution in [1.29, 1.82) is 0 Å². The summed E-state index contributed by atoms with van der Waals surface area (Å²) >= 11 is 0. The molecule has 0 amide bonds. The summed E-state index contributed by atoms with van der Waals surface area (Å²) in [4.78, 5) is 11.8. The average Bonchev–Trinajstić information content (AvgIpc) is 3.34. The van der Waals surface area contributed by atoms with Gasteiger partial charge in [-0.2, -0.15) is 0 Å². The summed E-state index contributed by atoms with van der Waals surface area (Å²) in [6.45, 7) is 2.05. The lowest BCUT2D eigenvalue weighted by Crippen LogP contribution is -2.22. The highest BCUT2D eigenvalue weighted by atomic mass is 16.5. The number of carbonyl (C=O) groups is 1. The molecule has 2 N–H and O–H groups in total. The first-order valence-electron chi connectivity index (χ1n) is 9.15. The van der Waals surface area contributed by atoms with E-state index < -0.39 is 12.2 Å². The van der Waals surface area contributed by atoms with E-state index in [2.05, 4.69) is 19.1 Å². The van der Waals surface area contributed by atoms with Crippen molar-refractivity contribution in [3.8, 4) is 0 Å². The molecule has 0 saturated heterocycles. The van der Waals surface area contributed by atoms with Crippen LogP contribution >= 0.6 is 0 Å². The second-order valence-corrected chi connectivity index (χ2v) is 6.75. The Morgan fingerprint density at radius 1 is 1.29 bits per heavy atom. The average molecular weight is 334 g/mol. The van der Waals surface area contributed by atoms with Crippen LogP contribution in [0.4, 0.5) is 0 Å². The number of allylic oxidation sites excluding steroid dienone is 2. The van der Waals surface area contributed by atoms with Crippen LogP contribution in [0, 0.1) is 11.8 Å². The molecule has 0 bridgehead atoms. The Balaban J connectivity index is 1.81. The molecule has 0 aromatic rings. The molecule has 2 aliphatic rings. The molecular formula is C20H30O4. The molecule has 0 radical (unpaired) electrons. The Hall–Kier alpha value is -1.39. The number of aliphatic hydroxyl groups is 2. The van der Waals surface area contributed by atoms with Gasteiger partial charge in [0, 0.05) is 18.8 Å². The van der Waals surface area contributed by atoms with Crippen molar-refractivity contribution in [2.75, 3.05) is 0 Å². The standard InChI is InChI=1S/C20H30O4/c1-2-3-6-9-15(21)12-13-18(22)16-14-17(16)19-10-7-4-5-8-11-20(23)24-19/h3-4,6-7,12-13,15-19,21-22H,2,5,8-11,14H2,1H3. The molecule has 0 aromatic heterocycles. The van der Waals surface area contributed by atoms with E-state index in [-0.39, 0.29) is 23.9 Å². The fraction of sp³-hybridized carbons (Fsp3) is 0.650. The van der Waals surface area contributed by atoms with Crippen molar-refractivity contribution >= 4 is 5.97 Å². The number of hydrogen-bond acceptors (Lipinski definition) is 4. The van der Waals surface area contributed by atoms with Crippen LogP contribution in [0.25, 0.3) is 0 Å². The van der Waals surface area contributed by atoms with E-state index in [1.807, 2.05) is 12.2 Å². The van der Waals surface area contributed by atoms with Crippen LogP contribution < -0.4 is 0 Å². The Morgan fingerprint density at radius 3 is 2.92 bits per heavy atom. The molecule has 1 heterocycles. The topological polar surface area (TPSA) is 66.8 Å². The van der Waals surface area contributed by atoms with Gasteiger partial charge in [0.2, 0.25) is 0 Å². The molecule has 24 heavy (non-hydrogen) atoms. The van der Waals surface area contributed by atoms with E-state index in [0.29, 0.717) is 12.8 Å². The van der Waals surface area contributed by atoms with Crippen molar-refractivity contribution in [2.45, 2.75) is 70.2 Å². The lowest BCUT2D eigenvalue weighted by Gasteiger charge is -2.17. The van der Waals surface area contributed by atoms with Gasteiger partial charge in [-0.25, -0.2) is 0 Å². The molecule has 1 aliphatic heterocycles. The van der Waals surface area contributed by atoms with Gasteiger partial charge in [0.05, 0.1) is 12.2 Å². The van der Waals surface area contributed by atoms with E-state index in [1.54, 1.807) is 12.2 Å². The summed E-state index contributed by atoms with van der Waals surface area (Å²) in [6, 6.07) is 0. The predicted molar refractivity (Wildman–Crippen MR) is 94.3 cm³/mol. The number of rotatable bonds is 7. The largest absolute Gasteiger partial charge is 0.462 e. The van der Waals surface area contributed by atoms with Gasteiger partial charge < -0.3 is 14.9 Å². The van der Waals surface area contributed by atoms with Gasteiger partial charge in [-0.3, -0.25) is 4.79 Å². The summed E-state index contributed by atoms with van der Waals surface area (Å²) in [5.41, 5.74) is 0. The van der Waals surface area contributed by atoms with Crippen molar-refractivity contribution in [1.82, 2.24) is 0 Å². The van der Waals surface area contributed by atoms with Crippen molar-refractivity contribution < 1.29 is 19.7 Å². The minimum Gasteiger partial charge on any atom is -0.462 e. The number of carbonyl (C=O) groups excluding carboxylic acids is 1. The van der Waals surface area contributed by atoms with E-state index >= 15 is 0 Å². The smallest absolute Gasteiger partial charge is 0.306 e. The molecule has 1 aliphatic carbocycles. The third-order valence-electron chi connectivity index (χ3n) is 4.69. The minimum absolute atomic E-state index is 0.117. The maximum atomic E-state index is 11.8. The Morgan fingerprint density at radius 2 is 2.12 bits per heavy atom. The fourth-order valence-corrected chi connectivity index (χ4v) is 3.17. The zero-order valence-electron chi connectivity index (χ0n) is 14.5. The van der Waals surface area contributed by atoms with E-state index in [1.165, 1.54) is 0 Å². The second-order valence-electron chi connectivity index (χ2n) is 6.75. The van der Waals surface area contributed by atoms with Crippen molar-refractivity contribution in [2.24, 2.45) is 11.8 Å². The van der Waals surface area contributed by atoms with Crippen LogP contribution in [-0.4, -0.2) is 34.5 Å². The summed E-state index contributed by atoms with van der Waals surface area (Å²) in [5.74, 6) is 0.206. The molecular weight excluding hydrogens is 304 g/mol. The van der Waals surface area contributed by atoms with Crippen molar-refractivity contribution in [3.63, 3.8) is 0 Å². The van der Waals surface area contributed by atoms with Crippen LogP contribution in [0.5, 0.6) is 0 Å². The SMILES string of the molecule is CCC=CCC(O)C=CC(O)C1CC1C1CC=CCCCC(=O)O1. The number of cyclic esters (lactones) is 1. The molecule has 4 nitrogen and oxygen atoms in total. The van der Waals surface area contributed by atoms with Gasteiger partial charge >= 0.3 is 5.97 Å². The van der Waals surface area contributed by atoms with E-state index in [4.69, 9.17) is 4.74 Å². The molecule has 0 spiro atoms. The van der Waals surface area contributed by atoms with Gasteiger partial charge in [-0.15, -0.1) is 0 Å². The molecule has 1 saturated carbocycles. The quantitative estimate of drug-likeness (QED) is 0.554. The van der Waals surface area contributed by atoms with Crippen LogP contribution in [0.3, 0.4) is 0 Å². The summed E-state index contributed by atoms with van der Waals surface area (Å²) in [5, 5.41) is 20.1. The molecule has 4 heteroatoms. The Bertz CT molecular complexity index is 480. The lowest BCUT2D eigenvalue weighted by atomic mass is 10.1. The lowest BCUT2D eigenvalue weighted by molar-refractivity contribution is -0.150.